The van der Waals surface area contributed by atoms with E-state index in [4.69, 9.17) is 23.2 Å². The molecule has 0 fully saturated rings. The molecule has 2 amide bonds. The van der Waals surface area contributed by atoms with E-state index in [2.05, 4.69) is 10.6 Å². The molecule has 0 saturated heterocycles. The van der Waals surface area contributed by atoms with Crippen molar-refractivity contribution in [2.45, 2.75) is 13.3 Å². The average molecular weight is 439 g/mol. The molecular formula is C19H20Cl2N4O4. The van der Waals surface area contributed by atoms with Crippen molar-refractivity contribution in [3.63, 3.8) is 0 Å². The number of hydrogen-bond donors (Lipinski definition) is 2. The fourth-order valence-corrected chi connectivity index (χ4v) is 3.02. The molecule has 0 aliphatic rings. The molecule has 8 nitrogen and oxygen atoms in total. The molecule has 2 aromatic rings. The van der Waals surface area contributed by atoms with Crippen molar-refractivity contribution in [2.75, 3.05) is 30.8 Å². The average Bonchev–Trinajstić information content (AvgIpc) is 2.64. The maximum absolute atomic E-state index is 12.2. The third kappa shape index (κ3) is 6.70. The third-order valence-electron chi connectivity index (χ3n) is 4.06. The number of benzene rings is 2. The summed E-state index contributed by atoms with van der Waals surface area (Å²) in [5.41, 5.74) is 1.41. The summed E-state index contributed by atoms with van der Waals surface area (Å²) in [5, 5.41) is 16.8. The summed E-state index contributed by atoms with van der Waals surface area (Å²) in [6.07, 6.45) is 0.146. The van der Waals surface area contributed by atoms with Gasteiger partial charge in [0.15, 0.2) is 0 Å². The second-order valence-electron chi connectivity index (χ2n) is 6.44. The van der Waals surface area contributed by atoms with Gasteiger partial charge in [-0.25, -0.2) is 0 Å². The second kappa shape index (κ2) is 10.2. The number of halogens is 2. The molecule has 0 radical (unpaired) electrons. The standard InChI is InChI=1S/C19H20Cl2N4O4/c1-12-10-13(25(28)29)6-7-16(12)22-17(26)8-9-24(2)11-18(27)23-19-14(20)4-3-5-15(19)21/h3-7,10H,8-9,11H2,1-2H3,(H,22,26)(H,23,27). The van der Waals surface area contributed by atoms with Gasteiger partial charge in [0.05, 0.1) is 27.2 Å². The Balaban J connectivity index is 1.82. The molecule has 0 aromatic heterocycles. The number of nitrogens with zero attached hydrogens (tertiary/aromatic N) is 2. The number of rotatable bonds is 8. The molecule has 0 spiro atoms. The highest BCUT2D eigenvalue weighted by Crippen LogP contribution is 2.29. The summed E-state index contributed by atoms with van der Waals surface area (Å²) < 4.78 is 0. The highest BCUT2D eigenvalue weighted by atomic mass is 35.5. The van der Waals surface area contributed by atoms with Crippen LogP contribution < -0.4 is 10.6 Å². The van der Waals surface area contributed by atoms with Crippen LogP contribution in [0.2, 0.25) is 10.0 Å². The van der Waals surface area contributed by atoms with Crippen molar-refractivity contribution >= 4 is 52.1 Å². The lowest BCUT2D eigenvalue weighted by Crippen LogP contribution is -2.32. The summed E-state index contributed by atoms with van der Waals surface area (Å²) in [5.74, 6) is -0.572. The van der Waals surface area contributed by atoms with Gasteiger partial charge in [0.25, 0.3) is 5.69 Å². The second-order valence-corrected chi connectivity index (χ2v) is 7.25. The van der Waals surface area contributed by atoms with Gasteiger partial charge in [0, 0.05) is 30.8 Å². The van der Waals surface area contributed by atoms with E-state index >= 15 is 0 Å². The van der Waals surface area contributed by atoms with Crippen LogP contribution in [0, 0.1) is 17.0 Å². The quantitative estimate of drug-likeness (QED) is 0.476. The van der Waals surface area contributed by atoms with Crippen LogP contribution in [-0.4, -0.2) is 41.8 Å². The van der Waals surface area contributed by atoms with Gasteiger partial charge in [-0.15, -0.1) is 0 Å². The molecule has 29 heavy (non-hydrogen) atoms. The number of para-hydroxylation sites is 1. The van der Waals surface area contributed by atoms with Crippen molar-refractivity contribution in [1.82, 2.24) is 4.90 Å². The highest BCUT2D eigenvalue weighted by molar-refractivity contribution is 6.39. The third-order valence-corrected chi connectivity index (χ3v) is 4.69. The maximum Gasteiger partial charge on any atom is 0.269 e. The van der Waals surface area contributed by atoms with Crippen molar-refractivity contribution in [3.8, 4) is 0 Å². The first-order valence-electron chi connectivity index (χ1n) is 8.64. The normalized spacial score (nSPS) is 10.7. The van der Waals surface area contributed by atoms with Crippen LogP contribution in [-0.2, 0) is 9.59 Å². The van der Waals surface area contributed by atoms with E-state index in [1.165, 1.54) is 18.2 Å². The number of nitro benzene ring substituents is 1. The zero-order valence-electron chi connectivity index (χ0n) is 15.9. The van der Waals surface area contributed by atoms with Crippen LogP contribution in [0.15, 0.2) is 36.4 Å². The van der Waals surface area contributed by atoms with Crippen molar-refractivity contribution in [2.24, 2.45) is 0 Å². The molecule has 0 saturated carbocycles. The zero-order valence-corrected chi connectivity index (χ0v) is 17.4. The van der Waals surface area contributed by atoms with Crippen molar-refractivity contribution < 1.29 is 14.5 Å². The molecule has 154 valence electrons. The van der Waals surface area contributed by atoms with Gasteiger partial charge in [0.1, 0.15) is 0 Å². The Hall–Kier alpha value is -2.68. The summed E-state index contributed by atoms with van der Waals surface area (Å²) in [6, 6.07) is 9.15. The zero-order chi connectivity index (χ0) is 21.6. The van der Waals surface area contributed by atoms with Crippen LogP contribution in [0.3, 0.4) is 0 Å². The first-order valence-corrected chi connectivity index (χ1v) is 9.40. The fourth-order valence-electron chi connectivity index (χ4n) is 2.53. The Bertz CT molecular complexity index is 916. The molecule has 0 bridgehead atoms. The predicted molar refractivity (Wildman–Crippen MR) is 114 cm³/mol. The summed E-state index contributed by atoms with van der Waals surface area (Å²) in [6.45, 7) is 2.06. The molecule has 2 rings (SSSR count). The Morgan fingerprint density at radius 2 is 1.76 bits per heavy atom. The van der Waals surface area contributed by atoms with E-state index < -0.39 is 4.92 Å². The van der Waals surface area contributed by atoms with Crippen molar-refractivity contribution in [1.29, 1.82) is 0 Å². The van der Waals surface area contributed by atoms with Gasteiger partial charge in [-0.3, -0.25) is 24.6 Å². The lowest BCUT2D eigenvalue weighted by molar-refractivity contribution is -0.384. The van der Waals surface area contributed by atoms with Gasteiger partial charge in [-0.05, 0) is 37.7 Å². The van der Waals surface area contributed by atoms with Crippen LogP contribution >= 0.6 is 23.2 Å². The molecule has 0 atom stereocenters. The van der Waals surface area contributed by atoms with Crippen LogP contribution in [0.4, 0.5) is 17.1 Å². The number of hydrogen-bond acceptors (Lipinski definition) is 5. The summed E-state index contributed by atoms with van der Waals surface area (Å²) >= 11 is 12.1. The molecule has 10 heteroatoms. The number of nitro groups is 1. The molecule has 2 aromatic carbocycles. The van der Waals surface area contributed by atoms with Crippen LogP contribution in [0.5, 0.6) is 0 Å². The van der Waals surface area contributed by atoms with Crippen LogP contribution in [0.1, 0.15) is 12.0 Å². The molecular weight excluding hydrogens is 419 g/mol. The minimum Gasteiger partial charge on any atom is -0.326 e. The van der Waals surface area contributed by atoms with Gasteiger partial charge in [0.2, 0.25) is 11.8 Å². The lowest BCUT2D eigenvalue weighted by Gasteiger charge is -2.17. The van der Waals surface area contributed by atoms with Gasteiger partial charge in [-0.1, -0.05) is 29.3 Å². The number of carbonyl (C=O) groups excluding carboxylic acids is 2. The van der Waals surface area contributed by atoms with Crippen molar-refractivity contribution in [3.05, 3.63) is 62.1 Å². The summed E-state index contributed by atoms with van der Waals surface area (Å²) in [4.78, 5) is 36.3. The molecule has 0 unspecified atom stereocenters. The van der Waals surface area contributed by atoms with E-state index in [1.54, 1.807) is 37.1 Å². The monoisotopic (exact) mass is 438 g/mol. The minimum absolute atomic E-state index is 0.0372. The van der Waals surface area contributed by atoms with Crippen LogP contribution in [0.25, 0.3) is 0 Å². The minimum atomic E-state index is -0.492. The Labute approximate surface area is 177 Å². The first-order chi connectivity index (χ1) is 13.7. The Kier molecular flexibility index (Phi) is 7.95. The van der Waals surface area contributed by atoms with Gasteiger partial charge >= 0.3 is 0 Å². The number of nitrogens with one attached hydrogen (secondary N) is 2. The van der Waals surface area contributed by atoms with E-state index in [0.717, 1.165) is 0 Å². The smallest absolute Gasteiger partial charge is 0.269 e. The molecule has 0 heterocycles. The predicted octanol–water partition coefficient (Wildman–Crippen LogP) is 4.11. The maximum atomic E-state index is 12.2. The number of carbonyl (C=O) groups is 2. The number of non-ortho nitro benzene ring substituents is 1. The molecule has 0 aliphatic carbocycles. The summed E-state index contributed by atoms with van der Waals surface area (Å²) in [7, 11) is 1.71. The lowest BCUT2D eigenvalue weighted by atomic mass is 10.1. The largest absolute Gasteiger partial charge is 0.326 e. The Morgan fingerprint density at radius 1 is 1.10 bits per heavy atom. The highest BCUT2D eigenvalue weighted by Gasteiger charge is 2.14. The SMILES string of the molecule is Cc1cc([N+](=O)[O-])ccc1NC(=O)CCN(C)CC(=O)Nc1c(Cl)cccc1Cl. The molecule has 0 aliphatic heterocycles. The number of aryl methyl sites for hydroxylation is 1. The number of anilines is 2. The van der Waals surface area contributed by atoms with E-state index in [0.29, 0.717) is 33.5 Å². The van der Waals surface area contributed by atoms with Gasteiger partial charge < -0.3 is 10.6 Å². The van der Waals surface area contributed by atoms with E-state index in [-0.39, 0.29) is 30.5 Å². The number of likely N-dealkylation sites (N-methyl/N-ethyl adjacent to an activating group) is 1. The fraction of sp³-hybridized carbons (Fsp3) is 0.263. The Morgan fingerprint density at radius 3 is 2.34 bits per heavy atom. The van der Waals surface area contributed by atoms with Gasteiger partial charge in [-0.2, -0.15) is 0 Å². The van der Waals surface area contributed by atoms with E-state index in [1.807, 2.05) is 0 Å². The topological polar surface area (TPSA) is 105 Å². The van der Waals surface area contributed by atoms with E-state index in [9.17, 15) is 19.7 Å². The number of amides is 2. The molecule has 2 N–H and O–H groups in total. The first kappa shape index (κ1) is 22.6.